The van der Waals surface area contributed by atoms with Crippen LogP contribution in [0.4, 0.5) is 14.5 Å². The zero-order valence-corrected chi connectivity index (χ0v) is 13.1. The number of hydrogen-bond acceptors (Lipinski definition) is 4. The molecular weight excluding hydrogens is 347 g/mol. The molecule has 0 aromatic heterocycles. The monoisotopic (exact) mass is 359 g/mol. The van der Waals surface area contributed by atoms with Crippen LogP contribution in [0.25, 0.3) is 0 Å². The van der Waals surface area contributed by atoms with E-state index in [1.54, 1.807) is 0 Å². The van der Waals surface area contributed by atoms with Gasteiger partial charge in [0.15, 0.2) is 15.6 Å². The Labute approximate surface area is 131 Å². The van der Waals surface area contributed by atoms with Crippen molar-refractivity contribution in [2.75, 3.05) is 16.8 Å². The topological polar surface area (TPSA) is 55.4 Å². The van der Waals surface area contributed by atoms with E-state index in [1.807, 2.05) is 0 Å². The zero-order valence-electron chi connectivity index (χ0n) is 10.8. The Bertz CT molecular complexity index is 602. The first-order chi connectivity index (χ1) is 9.77. The number of hydrogen-bond donors (Lipinski definition) is 1. The highest BCUT2D eigenvalue weighted by atomic mass is 35.5. The number of benzene rings is 1. The standard InChI is InChI=1S/C12H13Cl2F2NO3S/c13-9-4-8(5-10(14)11(9)20-12(15)16)17-7-2-1-3-21(18,19)6-7/h4-5,7,12,17H,1-3,6H2. The summed E-state index contributed by atoms with van der Waals surface area (Å²) in [6.45, 7) is -3.03. The molecule has 0 saturated carbocycles. The fraction of sp³-hybridized carbons (Fsp3) is 0.500. The molecule has 21 heavy (non-hydrogen) atoms. The van der Waals surface area contributed by atoms with E-state index in [-0.39, 0.29) is 33.3 Å². The molecule has 1 N–H and O–H groups in total. The summed E-state index contributed by atoms with van der Waals surface area (Å²) in [5.41, 5.74) is 0.466. The van der Waals surface area contributed by atoms with Gasteiger partial charge in [-0.2, -0.15) is 8.78 Å². The molecule has 0 bridgehead atoms. The average molecular weight is 360 g/mol. The van der Waals surface area contributed by atoms with E-state index in [1.165, 1.54) is 12.1 Å². The Balaban J connectivity index is 2.14. The molecule has 1 saturated heterocycles. The van der Waals surface area contributed by atoms with Crippen LogP contribution in [-0.4, -0.2) is 32.6 Å². The summed E-state index contributed by atoms with van der Waals surface area (Å²) in [5, 5.41) is 2.88. The van der Waals surface area contributed by atoms with Crippen LogP contribution in [0, 0.1) is 0 Å². The van der Waals surface area contributed by atoms with Crippen LogP contribution < -0.4 is 10.1 Å². The molecule has 0 spiro atoms. The van der Waals surface area contributed by atoms with Crippen molar-refractivity contribution in [1.29, 1.82) is 0 Å². The second-order valence-electron chi connectivity index (χ2n) is 4.75. The third kappa shape index (κ3) is 4.59. The number of anilines is 1. The van der Waals surface area contributed by atoms with Gasteiger partial charge < -0.3 is 10.1 Å². The number of halogens is 4. The summed E-state index contributed by atoms with van der Waals surface area (Å²) in [6, 6.07) is 2.51. The minimum Gasteiger partial charge on any atom is -0.432 e. The molecule has 9 heteroatoms. The van der Waals surface area contributed by atoms with Gasteiger partial charge >= 0.3 is 6.61 Å². The molecule has 0 radical (unpaired) electrons. The van der Waals surface area contributed by atoms with Crippen molar-refractivity contribution in [2.45, 2.75) is 25.5 Å². The van der Waals surface area contributed by atoms with E-state index >= 15 is 0 Å². The molecule has 1 aromatic rings. The molecule has 1 heterocycles. The Hall–Kier alpha value is -0.790. The minimum absolute atomic E-state index is 0.0253. The van der Waals surface area contributed by atoms with Crippen molar-refractivity contribution in [2.24, 2.45) is 0 Å². The summed E-state index contributed by atoms with van der Waals surface area (Å²) >= 11 is 11.7. The summed E-state index contributed by atoms with van der Waals surface area (Å²) in [6.07, 6.45) is 1.28. The average Bonchev–Trinajstić information content (AvgIpc) is 2.32. The molecule has 0 aliphatic carbocycles. The molecule has 118 valence electrons. The number of rotatable bonds is 4. The van der Waals surface area contributed by atoms with Crippen LogP contribution in [0.1, 0.15) is 12.8 Å². The first-order valence-electron chi connectivity index (χ1n) is 6.17. The van der Waals surface area contributed by atoms with Gasteiger partial charge in [0.1, 0.15) is 0 Å². The van der Waals surface area contributed by atoms with Crippen molar-refractivity contribution in [3.05, 3.63) is 22.2 Å². The highest BCUT2D eigenvalue weighted by molar-refractivity contribution is 7.91. The van der Waals surface area contributed by atoms with Crippen LogP contribution in [-0.2, 0) is 9.84 Å². The summed E-state index contributed by atoms with van der Waals surface area (Å²) in [4.78, 5) is 0. The van der Waals surface area contributed by atoms with Crippen LogP contribution >= 0.6 is 23.2 Å². The largest absolute Gasteiger partial charge is 0.432 e. The molecule has 1 aliphatic heterocycles. The Morgan fingerprint density at radius 2 is 1.90 bits per heavy atom. The Kier molecular flexibility index (Phi) is 5.16. The molecule has 1 aliphatic rings. The molecule has 0 amide bonds. The van der Waals surface area contributed by atoms with Crippen molar-refractivity contribution in [3.8, 4) is 5.75 Å². The molecule has 4 nitrogen and oxygen atoms in total. The molecular formula is C12H13Cl2F2NO3S. The summed E-state index contributed by atoms with van der Waals surface area (Å²) in [7, 11) is -3.05. The van der Waals surface area contributed by atoms with Gasteiger partial charge in [0, 0.05) is 11.7 Å². The smallest absolute Gasteiger partial charge is 0.387 e. The highest BCUT2D eigenvalue weighted by Gasteiger charge is 2.25. The quantitative estimate of drug-likeness (QED) is 0.892. The molecule has 1 aromatic carbocycles. The number of ether oxygens (including phenoxy) is 1. The maximum absolute atomic E-state index is 12.2. The lowest BCUT2D eigenvalue weighted by atomic mass is 10.1. The van der Waals surface area contributed by atoms with Crippen LogP contribution in [0.15, 0.2) is 12.1 Å². The van der Waals surface area contributed by atoms with Crippen LogP contribution in [0.5, 0.6) is 5.75 Å². The number of nitrogens with one attached hydrogen (secondary N) is 1. The predicted octanol–water partition coefficient (Wildman–Crippen LogP) is 3.58. The van der Waals surface area contributed by atoms with Crippen molar-refractivity contribution in [1.82, 2.24) is 0 Å². The van der Waals surface area contributed by atoms with Gasteiger partial charge in [-0.05, 0) is 25.0 Å². The summed E-state index contributed by atoms with van der Waals surface area (Å²) < 4.78 is 51.8. The zero-order chi connectivity index (χ0) is 15.6. The molecule has 2 rings (SSSR count). The van der Waals surface area contributed by atoms with E-state index in [0.717, 1.165) is 0 Å². The normalized spacial score (nSPS) is 21.3. The van der Waals surface area contributed by atoms with Crippen molar-refractivity contribution in [3.63, 3.8) is 0 Å². The van der Waals surface area contributed by atoms with Gasteiger partial charge in [-0.1, -0.05) is 23.2 Å². The van der Waals surface area contributed by atoms with E-state index < -0.39 is 16.4 Å². The van der Waals surface area contributed by atoms with Gasteiger partial charge in [0.2, 0.25) is 0 Å². The fourth-order valence-electron chi connectivity index (χ4n) is 2.22. The van der Waals surface area contributed by atoms with E-state index in [4.69, 9.17) is 23.2 Å². The van der Waals surface area contributed by atoms with E-state index in [9.17, 15) is 17.2 Å². The second-order valence-corrected chi connectivity index (χ2v) is 7.79. The van der Waals surface area contributed by atoms with Crippen LogP contribution in [0.3, 0.4) is 0 Å². The number of alkyl halides is 2. The first-order valence-corrected chi connectivity index (χ1v) is 8.75. The van der Waals surface area contributed by atoms with E-state index in [2.05, 4.69) is 10.1 Å². The van der Waals surface area contributed by atoms with Gasteiger partial charge in [-0.3, -0.25) is 0 Å². The lowest BCUT2D eigenvalue weighted by Crippen LogP contribution is -2.34. The maximum Gasteiger partial charge on any atom is 0.387 e. The van der Waals surface area contributed by atoms with Gasteiger partial charge in [-0.15, -0.1) is 0 Å². The van der Waals surface area contributed by atoms with Gasteiger partial charge in [0.05, 0.1) is 21.6 Å². The minimum atomic E-state index is -3.05. The highest BCUT2D eigenvalue weighted by Crippen LogP contribution is 2.37. The number of sulfone groups is 1. The van der Waals surface area contributed by atoms with Gasteiger partial charge in [0.25, 0.3) is 0 Å². The first kappa shape index (κ1) is 16.6. The SMILES string of the molecule is O=S1(=O)CCCC(Nc2cc(Cl)c(OC(F)F)c(Cl)c2)C1. The lowest BCUT2D eigenvalue weighted by molar-refractivity contribution is -0.0497. The Morgan fingerprint density at radius 3 is 2.43 bits per heavy atom. The van der Waals surface area contributed by atoms with Crippen LogP contribution in [0.2, 0.25) is 10.0 Å². The molecule has 1 unspecified atom stereocenters. The van der Waals surface area contributed by atoms with Crippen molar-refractivity contribution >= 4 is 38.7 Å². The maximum atomic E-state index is 12.2. The Morgan fingerprint density at radius 1 is 1.29 bits per heavy atom. The second kappa shape index (κ2) is 6.54. The molecule has 1 fully saturated rings. The van der Waals surface area contributed by atoms with Crippen molar-refractivity contribution < 1.29 is 21.9 Å². The van der Waals surface area contributed by atoms with E-state index in [0.29, 0.717) is 18.5 Å². The molecule has 1 atom stereocenters. The predicted molar refractivity (Wildman–Crippen MR) is 78.4 cm³/mol. The fourth-order valence-corrected chi connectivity index (χ4v) is 4.43. The third-order valence-electron chi connectivity index (χ3n) is 3.04. The summed E-state index contributed by atoms with van der Waals surface area (Å²) in [5.74, 6) is -0.0825. The van der Waals surface area contributed by atoms with Gasteiger partial charge in [-0.25, -0.2) is 8.42 Å². The third-order valence-corrected chi connectivity index (χ3v) is 5.42. The lowest BCUT2D eigenvalue weighted by Gasteiger charge is -2.24.